The zero-order chi connectivity index (χ0) is 24.5. The van der Waals surface area contributed by atoms with Gasteiger partial charge in [-0.2, -0.15) is 0 Å². The lowest BCUT2D eigenvalue weighted by atomic mass is 9.90. The molecule has 1 saturated heterocycles. The molecule has 3 rings (SSSR count). The molecule has 176 valence electrons. The normalized spacial score (nSPS) is 15.5. The summed E-state index contributed by atoms with van der Waals surface area (Å²) >= 11 is 6.13. The van der Waals surface area contributed by atoms with Crippen LogP contribution in [0.15, 0.2) is 59.8 Å². The number of nitrogens with zero attached hydrogens (tertiary/aromatic N) is 2. The number of aromatic nitrogens is 1. The molecule has 1 amide bonds. The number of Topliss-reactive ketones (excluding diaryl/α,β-unsaturated/α-hetero) is 1. The number of carbonyl (C=O) groups is 2. The number of amides is 1. The van der Waals surface area contributed by atoms with E-state index in [4.69, 9.17) is 11.6 Å². The van der Waals surface area contributed by atoms with Crippen molar-refractivity contribution >= 4 is 23.3 Å². The van der Waals surface area contributed by atoms with Gasteiger partial charge in [-0.25, -0.2) is 4.98 Å². The lowest BCUT2D eigenvalue weighted by molar-refractivity contribution is 0.0785. The Labute approximate surface area is 201 Å². The Balaban J connectivity index is 0.00000187. The molecule has 1 aliphatic rings. The SMILES string of the molecule is C/C=C(\C=C(C)C)C(=O)c1ccc(C2CCN(C(=O)c3ncccc3Cl)C2)c(CO)c1.CC. The quantitative estimate of drug-likeness (QED) is 0.321. The third-order valence-electron chi connectivity index (χ3n) is 5.47. The number of likely N-dealkylation sites (tertiary alicyclic amines) is 1. The fourth-order valence-corrected chi connectivity index (χ4v) is 4.13. The van der Waals surface area contributed by atoms with Gasteiger partial charge in [0, 0.05) is 36.3 Å². The van der Waals surface area contributed by atoms with E-state index < -0.39 is 0 Å². The van der Waals surface area contributed by atoms with E-state index in [2.05, 4.69) is 4.98 Å². The minimum atomic E-state index is -0.190. The van der Waals surface area contributed by atoms with Crippen LogP contribution < -0.4 is 0 Å². The number of ketones is 1. The van der Waals surface area contributed by atoms with Crippen LogP contribution in [0.1, 0.15) is 78.9 Å². The molecule has 0 aliphatic carbocycles. The molecule has 1 atom stereocenters. The monoisotopic (exact) mass is 468 g/mol. The molecule has 1 N–H and O–H groups in total. The molecule has 33 heavy (non-hydrogen) atoms. The highest BCUT2D eigenvalue weighted by molar-refractivity contribution is 6.33. The molecule has 1 aromatic carbocycles. The van der Waals surface area contributed by atoms with Gasteiger partial charge in [0.15, 0.2) is 5.78 Å². The number of aliphatic hydroxyl groups is 1. The van der Waals surface area contributed by atoms with E-state index in [1.807, 2.05) is 46.8 Å². The van der Waals surface area contributed by atoms with Crippen LogP contribution in [0.25, 0.3) is 0 Å². The number of hydrogen-bond donors (Lipinski definition) is 1. The molecule has 5 nitrogen and oxygen atoms in total. The summed E-state index contributed by atoms with van der Waals surface area (Å²) in [7, 11) is 0. The zero-order valence-corrected chi connectivity index (χ0v) is 20.8. The number of benzene rings is 1. The van der Waals surface area contributed by atoms with E-state index in [1.165, 1.54) is 0 Å². The number of rotatable bonds is 6. The highest BCUT2D eigenvalue weighted by Crippen LogP contribution is 2.32. The summed E-state index contributed by atoms with van der Waals surface area (Å²) in [5, 5.41) is 10.3. The molecule has 0 bridgehead atoms. The highest BCUT2D eigenvalue weighted by Gasteiger charge is 2.30. The Morgan fingerprint density at radius 3 is 2.58 bits per heavy atom. The summed E-state index contributed by atoms with van der Waals surface area (Å²) in [5.41, 5.74) is 4.15. The van der Waals surface area contributed by atoms with Crippen molar-refractivity contribution in [2.75, 3.05) is 13.1 Å². The first-order valence-electron chi connectivity index (χ1n) is 11.3. The molecule has 0 radical (unpaired) electrons. The van der Waals surface area contributed by atoms with Crippen LogP contribution in [0, 0.1) is 0 Å². The van der Waals surface area contributed by atoms with Crippen LogP contribution in [-0.4, -0.2) is 39.8 Å². The second-order valence-electron chi connectivity index (χ2n) is 7.94. The van der Waals surface area contributed by atoms with Crippen LogP contribution in [0.4, 0.5) is 0 Å². The van der Waals surface area contributed by atoms with Gasteiger partial charge in [0.25, 0.3) is 5.91 Å². The van der Waals surface area contributed by atoms with Crippen molar-refractivity contribution < 1.29 is 14.7 Å². The van der Waals surface area contributed by atoms with Crippen LogP contribution in [0.2, 0.25) is 5.02 Å². The fourth-order valence-electron chi connectivity index (χ4n) is 3.93. The van der Waals surface area contributed by atoms with Gasteiger partial charge in [0.2, 0.25) is 0 Å². The molecule has 0 spiro atoms. The number of pyridine rings is 1. The Morgan fingerprint density at radius 2 is 1.97 bits per heavy atom. The van der Waals surface area contributed by atoms with Crippen LogP contribution >= 0.6 is 11.6 Å². The maximum absolute atomic E-state index is 12.9. The predicted octanol–water partition coefficient (Wildman–Crippen LogP) is 5.98. The first kappa shape index (κ1) is 26.5. The van der Waals surface area contributed by atoms with Gasteiger partial charge in [-0.1, -0.05) is 55.3 Å². The van der Waals surface area contributed by atoms with Crippen LogP contribution in [0.3, 0.4) is 0 Å². The fraction of sp³-hybridized carbons (Fsp3) is 0.370. The predicted molar refractivity (Wildman–Crippen MR) is 134 cm³/mol. The first-order valence-corrected chi connectivity index (χ1v) is 11.7. The zero-order valence-electron chi connectivity index (χ0n) is 20.1. The van der Waals surface area contributed by atoms with Gasteiger partial charge >= 0.3 is 0 Å². The molecule has 1 fully saturated rings. The van der Waals surface area contributed by atoms with Crippen LogP contribution in [0.5, 0.6) is 0 Å². The van der Waals surface area contributed by atoms with E-state index in [0.29, 0.717) is 34.8 Å². The lowest BCUT2D eigenvalue weighted by Crippen LogP contribution is -2.29. The average molecular weight is 469 g/mol. The van der Waals surface area contributed by atoms with Gasteiger partial charge in [-0.3, -0.25) is 9.59 Å². The molecule has 1 aromatic heterocycles. The van der Waals surface area contributed by atoms with Crippen molar-refractivity contribution in [1.82, 2.24) is 9.88 Å². The molecule has 6 heteroatoms. The third kappa shape index (κ3) is 6.40. The molecule has 1 unspecified atom stereocenters. The summed E-state index contributed by atoms with van der Waals surface area (Å²) in [6.45, 7) is 10.7. The van der Waals surface area contributed by atoms with Gasteiger partial charge in [0.05, 0.1) is 11.6 Å². The van der Waals surface area contributed by atoms with Crippen LogP contribution in [-0.2, 0) is 6.61 Å². The van der Waals surface area contributed by atoms with Crippen molar-refractivity contribution in [2.45, 2.75) is 53.6 Å². The standard InChI is InChI=1S/C25H27ClN2O3.C2H6/c1-4-17(12-16(2)3)24(30)18-7-8-21(20(13-18)15-29)19-9-11-28(14-19)25(31)23-22(26)6-5-10-27-23;1-2/h4-8,10,12-13,19,29H,9,11,14-15H2,1-3H3;1-2H3/b17-4+;. The topological polar surface area (TPSA) is 70.5 Å². The Kier molecular flexibility index (Phi) is 10.0. The van der Waals surface area contributed by atoms with Crippen molar-refractivity contribution in [2.24, 2.45) is 0 Å². The average Bonchev–Trinajstić information content (AvgIpc) is 3.33. The van der Waals surface area contributed by atoms with Gasteiger partial charge in [-0.05, 0) is 56.5 Å². The minimum Gasteiger partial charge on any atom is -0.392 e. The van der Waals surface area contributed by atoms with E-state index >= 15 is 0 Å². The Hall–Kier alpha value is -2.76. The van der Waals surface area contributed by atoms with Gasteiger partial charge in [0.1, 0.15) is 5.69 Å². The third-order valence-corrected chi connectivity index (χ3v) is 5.77. The van der Waals surface area contributed by atoms with Crippen molar-refractivity contribution in [1.29, 1.82) is 0 Å². The second kappa shape index (κ2) is 12.5. The maximum Gasteiger partial charge on any atom is 0.274 e. The number of hydrogen-bond acceptors (Lipinski definition) is 4. The minimum absolute atomic E-state index is 0.0713. The van der Waals surface area contributed by atoms with Gasteiger partial charge in [-0.15, -0.1) is 0 Å². The largest absolute Gasteiger partial charge is 0.392 e. The molecule has 2 heterocycles. The van der Waals surface area contributed by atoms with E-state index in [1.54, 1.807) is 41.4 Å². The number of carbonyl (C=O) groups excluding carboxylic acids is 2. The number of halogens is 1. The Bertz CT molecular complexity index is 1060. The van der Waals surface area contributed by atoms with Crippen molar-refractivity contribution in [3.05, 3.63) is 87.2 Å². The van der Waals surface area contributed by atoms with E-state index in [-0.39, 0.29) is 29.9 Å². The first-order chi connectivity index (χ1) is 15.8. The summed E-state index contributed by atoms with van der Waals surface area (Å²) in [4.78, 5) is 31.5. The summed E-state index contributed by atoms with van der Waals surface area (Å²) in [6.07, 6.45) is 5.98. The Morgan fingerprint density at radius 1 is 1.24 bits per heavy atom. The smallest absolute Gasteiger partial charge is 0.274 e. The lowest BCUT2D eigenvalue weighted by Gasteiger charge is -2.18. The van der Waals surface area contributed by atoms with Crippen molar-refractivity contribution in [3.63, 3.8) is 0 Å². The summed E-state index contributed by atoms with van der Waals surface area (Å²) < 4.78 is 0. The van der Waals surface area contributed by atoms with E-state index in [9.17, 15) is 14.7 Å². The number of aliphatic hydroxyl groups excluding tert-OH is 1. The highest BCUT2D eigenvalue weighted by atomic mass is 35.5. The number of allylic oxidation sites excluding steroid dienone is 4. The molecule has 1 aliphatic heterocycles. The van der Waals surface area contributed by atoms with Gasteiger partial charge < -0.3 is 10.0 Å². The summed E-state index contributed by atoms with van der Waals surface area (Å²) in [5.74, 6) is -0.181. The summed E-state index contributed by atoms with van der Waals surface area (Å²) in [6, 6.07) is 8.82. The van der Waals surface area contributed by atoms with E-state index in [0.717, 1.165) is 17.6 Å². The maximum atomic E-state index is 12.9. The molecular weight excluding hydrogens is 436 g/mol. The second-order valence-corrected chi connectivity index (χ2v) is 8.34. The molecular formula is C27H33ClN2O3. The molecule has 2 aromatic rings. The van der Waals surface area contributed by atoms with Crippen molar-refractivity contribution in [3.8, 4) is 0 Å². The molecule has 0 saturated carbocycles.